The van der Waals surface area contributed by atoms with E-state index in [9.17, 15) is 23.1 Å². The van der Waals surface area contributed by atoms with Gasteiger partial charge in [-0.15, -0.1) is 0 Å². The van der Waals surface area contributed by atoms with Crippen molar-refractivity contribution in [3.63, 3.8) is 0 Å². The molecule has 4 nitrogen and oxygen atoms in total. The van der Waals surface area contributed by atoms with E-state index >= 15 is 0 Å². The number of carbonyl (C=O) groups is 1. The molecule has 1 aliphatic rings. The minimum atomic E-state index is -4.46. The highest BCUT2D eigenvalue weighted by atomic mass is 28.4. The average molecular weight is 400 g/mol. The summed E-state index contributed by atoms with van der Waals surface area (Å²) in [6.45, 7) is 10.5. The van der Waals surface area contributed by atoms with E-state index in [1.54, 1.807) is 6.08 Å². The first-order valence-corrected chi connectivity index (χ1v) is 11.7. The average Bonchev–Trinajstić information content (AvgIpc) is 2.53. The maximum absolute atomic E-state index is 13.2. The molecule has 0 bridgehead atoms. The van der Waals surface area contributed by atoms with Crippen molar-refractivity contribution in [2.24, 2.45) is 0 Å². The lowest BCUT2D eigenvalue weighted by Gasteiger charge is -2.37. The Balaban J connectivity index is 2.48. The fourth-order valence-corrected chi connectivity index (χ4v) is 3.59. The Morgan fingerprint density at radius 1 is 1.22 bits per heavy atom. The van der Waals surface area contributed by atoms with Crippen LogP contribution >= 0.6 is 0 Å². The van der Waals surface area contributed by atoms with Crippen LogP contribution in [0.2, 0.25) is 18.1 Å². The van der Waals surface area contributed by atoms with E-state index in [0.717, 1.165) is 17.0 Å². The second kappa shape index (κ2) is 7.22. The van der Waals surface area contributed by atoms with Gasteiger partial charge in [0.05, 0.1) is 5.56 Å². The zero-order chi connectivity index (χ0) is 20.6. The number of benzene rings is 1. The fraction of sp³-hybridized carbons (Fsp3) is 0.526. The number of halogens is 3. The van der Waals surface area contributed by atoms with Crippen molar-refractivity contribution < 1.29 is 27.5 Å². The molecule has 2 rings (SSSR count). The molecule has 1 aliphatic heterocycles. The lowest BCUT2D eigenvalue weighted by Crippen LogP contribution is -2.44. The van der Waals surface area contributed by atoms with E-state index in [4.69, 9.17) is 4.43 Å². The first kappa shape index (κ1) is 21.3. The number of hydrogen-bond acceptors (Lipinski definition) is 3. The van der Waals surface area contributed by atoms with Gasteiger partial charge < -0.3 is 19.2 Å². The summed E-state index contributed by atoms with van der Waals surface area (Å²) in [7, 11) is -2.26. The van der Waals surface area contributed by atoms with E-state index in [1.807, 2.05) is 13.1 Å². The number of carboxylic acid groups (broad SMARTS) is 1. The standard InChI is InChI=1S/C19H26F3NO3Si/c1-18(2,3)27(4,5)26-16-7-6-14(19(20,21)22)12-15(16)13-8-10-23(11-9-13)17(24)25/h6-8,12H,9-11H2,1-5H3,(H,24,25)/p-1. The van der Waals surface area contributed by atoms with Crippen LogP contribution < -0.4 is 9.53 Å². The van der Waals surface area contributed by atoms with Gasteiger partial charge in [-0.2, -0.15) is 13.2 Å². The Morgan fingerprint density at radius 3 is 2.30 bits per heavy atom. The van der Waals surface area contributed by atoms with Crippen LogP contribution in [0.15, 0.2) is 24.3 Å². The van der Waals surface area contributed by atoms with Gasteiger partial charge in [0.25, 0.3) is 8.32 Å². The van der Waals surface area contributed by atoms with E-state index in [2.05, 4.69) is 20.8 Å². The fourth-order valence-electron chi connectivity index (χ4n) is 2.55. The largest absolute Gasteiger partial charge is 0.543 e. The van der Waals surface area contributed by atoms with Crippen LogP contribution in [0.4, 0.5) is 18.0 Å². The number of hydrogen-bond donors (Lipinski definition) is 0. The molecule has 150 valence electrons. The zero-order valence-electron chi connectivity index (χ0n) is 16.2. The molecule has 0 radical (unpaired) electrons. The molecule has 0 unspecified atom stereocenters. The molecule has 0 aromatic heterocycles. The normalized spacial score (nSPS) is 16.1. The van der Waals surface area contributed by atoms with E-state index in [-0.39, 0.29) is 18.1 Å². The monoisotopic (exact) mass is 400 g/mol. The molecule has 0 saturated heterocycles. The second-order valence-corrected chi connectivity index (χ2v) is 13.0. The van der Waals surface area contributed by atoms with Crippen molar-refractivity contribution in [2.75, 3.05) is 13.1 Å². The molecule has 0 atom stereocenters. The van der Waals surface area contributed by atoms with Gasteiger partial charge in [-0.25, -0.2) is 0 Å². The quantitative estimate of drug-likeness (QED) is 0.701. The summed E-state index contributed by atoms with van der Waals surface area (Å²) in [6, 6.07) is 3.51. The van der Waals surface area contributed by atoms with Crippen molar-refractivity contribution in [3.8, 4) is 5.75 Å². The molecule has 1 heterocycles. The van der Waals surface area contributed by atoms with Crippen LogP contribution in [0.25, 0.3) is 5.57 Å². The highest BCUT2D eigenvalue weighted by molar-refractivity contribution is 6.74. The van der Waals surface area contributed by atoms with E-state index in [0.29, 0.717) is 23.3 Å². The first-order valence-electron chi connectivity index (χ1n) is 8.78. The van der Waals surface area contributed by atoms with Crippen molar-refractivity contribution in [1.82, 2.24) is 4.90 Å². The van der Waals surface area contributed by atoms with Crippen LogP contribution in [0.5, 0.6) is 5.75 Å². The molecule has 0 spiro atoms. The summed E-state index contributed by atoms with van der Waals surface area (Å²) >= 11 is 0. The molecular weight excluding hydrogens is 375 g/mol. The van der Waals surface area contributed by atoms with Crippen LogP contribution in [0, 0.1) is 0 Å². The Labute approximate surface area is 158 Å². The number of nitrogens with zero attached hydrogens (tertiary/aromatic N) is 1. The zero-order valence-corrected chi connectivity index (χ0v) is 17.2. The van der Waals surface area contributed by atoms with E-state index in [1.165, 1.54) is 6.07 Å². The lowest BCUT2D eigenvalue weighted by atomic mass is 9.96. The predicted octanol–water partition coefficient (Wildman–Crippen LogP) is 4.52. The maximum atomic E-state index is 13.2. The van der Waals surface area contributed by atoms with E-state index < -0.39 is 26.2 Å². The van der Waals surface area contributed by atoms with Gasteiger partial charge >= 0.3 is 6.18 Å². The molecule has 0 N–H and O–H groups in total. The van der Waals surface area contributed by atoms with Crippen LogP contribution in [0.3, 0.4) is 0 Å². The summed E-state index contributed by atoms with van der Waals surface area (Å²) in [6.07, 6.45) is -3.81. The minimum absolute atomic E-state index is 0.0907. The minimum Gasteiger partial charge on any atom is -0.543 e. The molecule has 0 fully saturated rings. The summed E-state index contributed by atoms with van der Waals surface area (Å²) in [5.74, 6) is 0.419. The Kier molecular flexibility index (Phi) is 5.71. The topological polar surface area (TPSA) is 52.6 Å². The van der Waals surface area contributed by atoms with Crippen molar-refractivity contribution in [2.45, 2.75) is 51.5 Å². The van der Waals surface area contributed by atoms with Crippen LogP contribution in [-0.2, 0) is 6.18 Å². The molecule has 0 saturated carbocycles. The third-order valence-electron chi connectivity index (χ3n) is 5.29. The number of rotatable bonds is 3. The van der Waals surface area contributed by atoms with Crippen LogP contribution in [0.1, 0.15) is 38.3 Å². The Bertz CT molecular complexity index is 752. The van der Waals surface area contributed by atoms with Crippen LogP contribution in [-0.4, -0.2) is 32.4 Å². The first-order chi connectivity index (χ1) is 12.2. The molecule has 1 amide bonds. The van der Waals surface area contributed by atoms with Gasteiger partial charge in [0.1, 0.15) is 11.8 Å². The van der Waals surface area contributed by atoms with Crippen molar-refractivity contribution in [1.29, 1.82) is 0 Å². The summed E-state index contributed by atoms with van der Waals surface area (Å²) in [5, 5.41) is 10.9. The van der Waals surface area contributed by atoms with Gasteiger partial charge in [-0.3, -0.25) is 0 Å². The molecule has 8 heteroatoms. The van der Waals surface area contributed by atoms with Gasteiger partial charge in [0.15, 0.2) is 0 Å². The predicted molar refractivity (Wildman–Crippen MR) is 98.8 cm³/mol. The molecule has 0 aliphatic carbocycles. The third-order valence-corrected chi connectivity index (χ3v) is 9.63. The SMILES string of the molecule is CC(C)(C)[Si](C)(C)Oc1ccc(C(F)(F)F)cc1C1=CCN(C(=O)[O-])CC1. The third kappa shape index (κ3) is 4.85. The summed E-state index contributed by atoms with van der Waals surface area (Å²) in [4.78, 5) is 12.1. The number of carbonyl (C=O) groups excluding carboxylic acids is 1. The Hall–Kier alpha value is -1.96. The molecule has 27 heavy (non-hydrogen) atoms. The summed E-state index contributed by atoms with van der Waals surface area (Å²) in [5.41, 5.74) is 0.295. The smallest absolute Gasteiger partial charge is 0.416 e. The highest BCUT2D eigenvalue weighted by Crippen LogP contribution is 2.42. The Morgan fingerprint density at radius 2 is 1.85 bits per heavy atom. The van der Waals surface area contributed by atoms with Gasteiger partial charge in [0.2, 0.25) is 0 Å². The number of amides is 1. The second-order valence-electron chi connectivity index (χ2n) is 8.26. The highest BCUT2D eigenvalue weighted by Gasteiger charge is 2.40. The molecule has 1 aromatic rings. The summed E-state index contributed by atoms with van der Waals surface area (Å²) < 4.78 is 45.9. The number of alkyl halides is 3. The van der Waals surface area contributed by atoms with Crippen molar-refractivity contribution in [3.05, 3.63) is 35.4 Å². The van der Waals surface area contributed by atoms with Gasteiger partial charge in [-0.1, -0.05) is 26.8 Å². The van der Waals surface area contributed by atoms with Gasteiger partial charge in [0, 0.05) is 18.7 Å². The maximum Gasteiger partial charge on any atom is 0.416 e. The lowest BCUT2D eigenvalue weighted by molar-refractivity contribution is -0.265. The van der Waals surface area contributed by atoms with Crippen molar-refractivity contribution >= 4 is 20.0 Å². The molecule has 1 aromatic carbocycles. The van der Waals surface area contributed by atoms with Gasteiger partial charge in [-0.05, 0) is 48.3 Å². The molecular formula is C19H25F3NO3Si-.